The Morgan fingerprint density at radius 1 is 1.00 bits per heavy atom. The molecule has 3 amide bonds. The standard InChI is InChI=1S/C25H39N5O3/c1-2-33-25(32)30-15-10-22(11-16-30)27-24(31)29-13-8-21(9-14-29)18-28(17-20-6-7-20)19-23-5-3-4-12-26-23/h3-5,12,20-22H,2,6-11,13-19H2,1H3,(H,27,31). The fraction of sp³-hybridized carbons (Fsp3) is 0.720. The van der Waals surface area contributed by atoms with Crippen molar-refractivity contribution in [1.82, 2.24) is 25.0 Å². The van der Waals surface area contributed by atoms with Crippen LogP contribution in [0.3, 0.4) is 0 Å². The highest BCUT2D eigenvalue weighted by molar-refractivity contribution is 5.74. The van der Waals surface area contributed by atoms with Crippen molar-refractivity contribution in [2.45, 2.75) is 58.0 Å². The molecule has 0 bridgehead atoms. The van der Waals surface area contributed by atoms with Crippen molar-refractivity contribution in [2.24, 2.45) is 11.8 Å². The number of nitrogens with zero attached hydrogens (tertiary/aromatic N) is 4. The Morgan fingerprint density at radius 2 is 1.67 bits per heavy atom. The molecule has 1 aromatic rings. The zero-order chi connectivity index (χ0) is 23.0. The average Bonchev–Trinajstić information content (AvgIpc) is 3.65. The molecule has 0 unspecified atom stereocenters. The number of pyridine rings is 1. The van der Waals surface area contributed by atoms with Gasteiger partial charge in [0, 0.05) is 58.1 Å². The molecule has 2 aliphatic heterocycles. The lowest BCUT2D eigenvalue weighted by molar-refractivity contribution is 0.0944. The smallest absolute Gasteiger partial charge is 0.409 e. The van der Waals surface area contributed by atoms with Crippen LogP contribution in [0.2, 0.25) is 0 Å². The molecule has 3 heterocycles. The number of hydrogen-bond donors (Lipinski definition) is 1. The molecule has 3 fully saturated rings. The van der Waals surface area contributed by atoms with Crippen LogP contribution in [0, 0.1) is 11.8 Å². The van der Waals surface area contributed by atoms with Crippen LogP contribution in [-0.2, 0) is 11.3 Å². The summed E-state index contributed by atoms with van der Waals surface area (Å²) in [5.41, 5.74) is 1.14. The van der Waals surface area contributed by atoms with Gasteiger partial charge in [0.15, 0.2) is 0 Å². The van der Waals surface area contributed by atoms with Crippen LogP contribution in [0.1, 0.15) is 51.1 Å². The highest BCUT2D eigenvalue weighted by Crippen LogP contribution is 2.31. The summed E-state index contributed by atoms with van der Waals surface area (Å²) in [6, 6.07) is 6.33. The normalized spacial score (nSPS) is 20.2. The zero-order valence-corrected chi connectivity index (χ0v) is 20.0. The molecule has 182 valence electrons. The van der Waals surface area contributed by atoms with Crippen molar-refractivity contribution in [3.63, 3.8) is 0 Å². The van der Waals surface area contributed by atoms with E-state index in [0.29, 0.717) is 25.6 Å². The van der Waals surface area contributed by atoms with Gasteiger partial charge >= 0.3 is 12.1 Å². The van der Waals surface area contributed by atoms with E-state index in [1.54, 1.807) is 4.90 Å². The number of carbonyl (C=O) groups is 2. The van der Waals surface area contributed by atoms with Gasteiger partial charge in [-0.15, -0.1) is 0 Å². The summed E-state index contributed by atoms with van der Waals surface area (Å²) >= 11 is 0. The van der Waals surface area contributed by atoms with E-state index in [4.69, 9.17) is 4.74 Å². The molecule has 1 aromatic heterocycles. The molecular weight excluding hydrogens is 418 g/mol. The average molecular weight is 458 g/mol. The van der Waals surface area contributed by atoms with Gasteiger partial charge in [0.05, 0.1) is 12.3 Å². The lowest BCUT2D eigenvalue weighted by Gasteiger charge is -2.37. The summed E-state index contributed by atoms with van der Waals surface area (Å²) in [7, 11) is 0. The number of rotatable bonds is 8. The van der Waals surface area contributed by atoms with Crippen molar-refractivity contribution in [3.05, 3.63) is 30.1 Å². The third-order valence-electron chi connectivity index (χ3n) is 7.09. The van der Waals surface area contributed by atoms with Crippen molar-refractivity contribution < 1.29 is 14.3 Å². The van der Waals surface area contributed by atoms with Crippen LogP contribution in [0.5, 0.6) is 0 Å². The number of hydrogen-bond acceptors (Lipinski definition) is 5. The van der Waals surface area contributed by atoms with Gasteiger partial charge in [0.2, 0.25) is 0 Å². The first-order chi connectivity index (χ1) is 16.1. The number of piperidine rings is 2. The molecule has 1 saturated carbocycles. The van der Waals surface area contributed by atoms with E-state index in [9.17, 15) is 9.59 Å². The van der Waals surface area contributed by atoms with Crippen LogP contribution in [0.25, 0.3) is 0 Å². The summed E-state index contributed by atoms with van der Waals surface area (Å²) in [5.74, 6) is 1.49. The number of carbonyl (C=O) groups excluding carboxylic acids is 2. The molecule has 1 aliphatic carbocycles. The summed E-state index contributed by atoms with van der Waals surface area (Å²) in [6.07, 6.45) is 8.02. The van der Waals surface area contributed by atoms with Gasteiger partial charge < -0.3 is 19.9 Å². The van der Waals surface area contributed by atoms with Gasteiger partial charge in [0.25, 0.3) is 0 Å². The van der Waals surface area contributed by atoms with E-state index in [2.05, 4.69) is 27.3 Å². The predicted octanol–water partition coefficient (Wildman–Crippen LogP) is 3.34. The van der Waals surface area contributed by atoms with Gasteiger partial charge in [0.1, 0.15) is 0 Å². The minimum Gasteiger partial charge on any atom is -0.450 e. The highest BCUT2D eigenvalue weighted by atomic mass is 16.6. The minimum atomic E-state index is -0.247. The fourth-order valence-electron chi connectivity index (χ4n) is 4.96. The van der Waals surface area contributed by atoms with Crippen LogP contribution in [-0.4, -0.2) is 83.7 Å². The topological polar surface area (TPSA) is 78.0 Å². The van der Waals surface area contributed by atoms with Gasteiger partial charge in [-0.05, 0) is 69.4 Å². The first-order valence-electron chi connectivity index (χ1n) is 12.7. The molecule has 33 heavy (non-hydrogen) atoms. The van der Waals surface area contributed by atoms with E-state index < -0.39 is 0 Å². The second-order valence-corrected chi connectivity index (χ2v) is 9.80. The summed E-state index contributed by atoms with van der Waals surface area (Å²) < 4.78 is 5.07. The molecule has 1 N–H and O–H groups in total. The SMILES string of the molecule is CCOC(=O)N1CCC(NC(=O)N2CCC(CN(Cc3ccccn3)CC3CC3)CC2)CC1. The fourth-order valence-corrected chi connectivity index (χ4v) is 4.96. The lowest BCUT2D eigenvalue weighted by atomic mass is 9.96. The van der Waals surface area contributed by atoms with E-state index in [-0.39, 0.29) is 18.2 Å². The maximum atomic E-state index is 12.8. The van der Waals surface area contributed by atoms with Crippen LogP contribution in [0.4, 0.5) is 9.59 Å². The highest BCUT2D eigenvalue weighted by Gasteiger charge is 2.30. The molecule has 0 aromatic carbocycles. The van der Waals surface area contributed by atoms with E-state index >= 15 is 0 Å². The largest absolute Gasteiger partial charge is 0.450 e. The third kappa shape index (κ3) is 7.32. The maximum Gasteiger partial charge on any atom is 0.409 e. The Kier molecular flexibility index (Phi) is 8.42. The molecule has 0 atom stereocenters. The minimum absolute atomic E-state index is 0.0476. The van der Waals surface area contributed by atoms with E-state index in [1.807, 2.05) is 24.1 Å². The number of nitrogens with one attached hydrogen (secondary N) is 1. The number of amides is 3. The molecule has 8 heteroatoms. The molecular formula is C25H39N5O3. The Balaban J connectivity index is 1.18. The molecule has 4 rings (SSSR count). The maximum absolute atomic E-state index is 12.8. The molecule has 0 spiro atoms. The van der Waals surface area contributed by atoms with E-state index in [0.717, 1.165) is 63.5 Å². The molecule has 0 radical (unpaired) electrons. The molecule has 2 saturated heterocycles. The van der Waals surface area contributed by atoms with Crippen LogP contribution >= 0.6 is 0 Å². The molecule has 3 aliphatic rings. The van der Waals surface area contributed by atoms with Gasteiger partial charge in [-0.3, -0.25) is 9.88 Å². The summed E-state index contributed by atoms with van der Waals surface area (Å²) in [4.78, 5) is 35.5. The van der Waals surface area contributed by atoms with Crippen molar-refractivity contribution in [3.8, 4) is 0 Å². The first kappa shape index (κ1) is 23.8. The second-order valence-electron chi connectivity index (χ2n) is 9.80. The Hall–Kier alpha value is -2.35. The third-order valence-corrected chi connectivity index (χ3v) is 7.09. The van der Waals surface area contributed by atoms with Gasteiger partial charge in [-0.1, -0.05) is 6.07 Å². The second kappa shape index (κ2) is 11.7. The van der Waals surface area contributed by atoms with Crippen molar-refractivity contribution in [1.29, 1.82) is 0 Å². The van der Waals surface area contributed by atoms with Crippen molar-refractivity contribution >= 4 is 12.1 Å². The van der Waals surface area contributed by atoms with Gasteiger partial charge in [-0.2, -0.15) is 0 Å². The predicted molar refractivity (Wildman–Crippen MR) is 127 cm³/mol. The van der Waals surface area contributed by atoms with Crippen LogP contribution in [0.15, 0.2) is 24.4 Å². The lowest BCUT2D eigenvalue weighted by Crippen LogP contribution is -2.52. The number of ether oxygens (including phenoxy) is 1. The molecule has 8 nitrogen and oxygen atoms in total. The Morgan fingerprint density at radius 3 is 2.27 bits per heavy atom. The van der Waals surface area contributed by atoms with E-state index in [1.165, 1.54) is 19.4 Å². The monoisotopic (exact) mass is 457 g/mol. The quantitative estimate of drug-likeness (QED) is 0.648. The van der Waals surface area contributed by atoms with Gasteiger partial charge in [-0.25, -0.2) is 9.59 Å². The first-order valence-corrected chi connectivity index (χ1v) is 12.7. The summed E-state index contributed by atoms with van der Waals surface area (Å²) in [5, 5.41) is 3.19. The van der Waals surface area contributed by atoms with Crippen molar-refractivity contribution in [2.75, 3.05) is 45.9 Å². The zero-order valence-electron chi connectivity index (χ0n) is 20.0. The number of urea groups is 1. The summed E-state index contributed by atoms with van der Waals surface area (Å²) in [6.45, 7) is 8.31. The number of likely N-dealkylation sites (tertiary alicyclic amines) is 2. The Labute approximate surface area is 197 Å². The number of aromatic nitrogens is 1. The Bertz CT molecular complexity index is 757. The van der Waals surface area contributed by atoms with Crippen LogP contribution < -0.4 is 5.32 Å².